The minimum absolute atomic E-state index is 0.0864. The summed E-state index contributed by atoms with van der Waals surface area (Å²) in [5, 5.41) is 8.54. The summed E-state index contributed by atoms with van der Waals surface area (Å²) in [4.78, 5) is 26.5. The third kappa shape index (κ3) is 6.66. The average molecular weight is 796 g/mol. The zero-order chi connectivity index (χ0) is 39.8. The van der Waals surface area contributed by atoms with Crippen LogP contribution in [0.2, 0.25) is 0 Å². The Bertz CT molecular complexity index is 2220. The number of amides is 1. The molecule has 2 saturated heterocycles. The minimum atomic E-state index is -5.51. The van der Waals surface area contributed by atoms with Crippen LogP contribution in [-0.2, 0) is 17.1 Å². The summed E-state index contributed by atoms with van der Waals surface area (Å²) < 4.78 is 128. The number of aromatic nitrogens is 2. The van der Waals surface area contributed by atoms with Crippen LogP contribution >= 0.6 is 11.3 Å². The standard InChI is InChI=1S/C37H37F8N7O2S/c1-4-52(20-7-6-18(12-20)33(53)50(2)3)32-22-13-24(36(40,41)42)27(21-8-9-25(39)30-26(21)23(15-46)31(47)55-30)28(37(43,44)45)29(22)48-34(49-32)54-17-35-10-5-11-51(35)16-19(38)14-35/h8-9,13,18-20H,4-7,10-12,14,16-17,47H2,1-3H3/t18-,19+,20-,35-/m0/s1. The molecule has 2 aromatic heterocycles. The third-order valence-corrected chi connectivity index (χ3v) is 12.2. The van der Waals surface area contributed by atoms with Gasteiger partial charge in [0.25, 0.3) is 0 Å². The van der Waals surface area contributed by atoms with Crippen LogP contribution in [-0.4, -0.2) is 83.8 Å². The first kappa shape index (κ1) is 38.8. The molecular formula is C37H37F8N7O2S. The highest BCUT2D eigenvalue weighted by Gasteiger charge is 2.50. The number of anilines is 2. The second-order valence-corrected chi connectivity index (χ2v) is 15.7. The van der Waals surface area contributed by atoms with Gasteiger partial charge in [0.05, 0.1) is 32.4 Å². The Morgan fingerprint density at radius 3 is 2.56 bits per heavy atom. The van der Waals surface area contributed by atoms with Gasteiger partial charge in [-0.2, -0.15) is 41.6 Å². The van der Waals surface area contributed by atoms with E-state index in [4.69, 9.17) is 10.5 Å². The van der Waals surface area contributed by atoms with Crippen LogP contribution in [0.25, 0.3) is 32.1 Å². The van der Waals surface area contributed by atoms with Gasteiger partial charge in [-0.15, -0.1) is 11.3 Å². The second kappa shape index (κ2) is 13.9. The van der Waals surface area contributed by atoms with Gasteiger partial charge in [0.2, 0.25) is 5.91 Å². The number of carbonyl (C=O) groups is 1. The molecule has 0 bridgehead atoms. The van der Waals surface area contributed by atoms with E-state index < -0.39 is 92.0 Å². The van der Waals surface area contributed by atoms with Crippen LogP contribution in [0.15, 0.2) is 18.2 Å². The number of fused-ring (bicyclic) bond motifs is 3. The van der Waals surface area contributed by atoms with Crippen molar-refractivity contribution in [2.24, 2.45) is 5.92 Å². The quantitative estimate of drug-likeness (QED) is 0.178. The van der Waals surface area contributed by atoms with Crippen molar-refractivity contribution in [2.75, 3.05) is 51.0 Å². The average Bonchev–Trinajstić information content (AvgIpc) is 3.88. The Labute approximate surface area is 314 Å². The lowest BCUT2D eigenvalue weighted by Crippen LogP contribution is -2.43. The maximum absolute atomic E-state index is 15.7. The number of nitrogen functional groups attached to an aromatic ring is 1. The summed E-state index contributed by atoms with van der Waals surface area (Å²) in [5.41, 5.74) is -1.79. The van der Waals surface area contributed by atoms with Crippen molar-refractivity contribution in [1.82, 2.24) is 19.8 Å². The number of nitriles is 1. The number of halogens is 8. The number of benzene rings is 2. The predicted molar refractivity (Wildman–Crippen MR) is 191 cm³/mol. The van der Waals surface area contributed by atoms with Crippen molar-refractivity contribution in [1.29, 1.82) is 5.26 Å². The Balaban J connectivity index is 1.52. The van der Waals surface area contributed by atoms with E-state index in [9.17, 15) is 14.4 Å². The fourth-order valence-corrected chi connectivity index (χ4v) is 9.81. The first-order valence-corrected chi connectivity index (χ1v) is 18.6. The monoisotopic (exact) mass is 795 g/mol. The summed E-state index contributed by atoms with van der Waals surface area (Å²) >= 11 is 0.532. The highest BCUT2D eigenvalue weighted by molar-refractivity contribution is 7.23. The molecular weight excluding hydrogens is 759 g/mol. The molecule has 0 radical (unpaired) electrons. The maximum atomic E-state index is 15.7. The topological polar surface area (TPSA) is 112 Å². The van der Waals surface area contributed by atoms with Crippen LogP contribution in [0.4, 0.5) is 45.9 Å². The van der Waals surface area contributed by atoms with E-state index in [1.165, 1.54) is 4.90 Å². The van der Waals surface area contributed by atoms with Crippen molar-refractivity contribution >= 4 is 49.1 Å². The van der Waals surface area contributed by atoms with Crippen molar-refractivity contribution in [3.05, 3.63) is 40.7 Å². The van der Waals surface area contributed by atoms with E-state index in [0.29, 0.717) is 43.2 Å². The minimum Gasteiger partial charge on any atom is -0.461 e. The van der Waals surface area contributed by atoms with Gasteiger partial charge in [-0.25, -0.2) is 8.78 Å². The van der Waals surface area contributed by atoms with Crippen LogP contribution in [0, 0.1) is 23.1 Å². The molecule has 3 fully saturated rings. The van der Waals surface area contributed by atoms with Gasteiger partial charge in [-0.05, 0) is 63.3 Å². The molecule has 3 aliphatic rings. The SMILES string of the molecule is CCN(c1nc(OC[C@@]23CCCN2C[C@H](F)C3)nc2c(C(F)(F)F)c(-c3ccc(F)c4sc(N)c(C#N)c34)c(C(F)(F)F)cc12)[C@H]1CC[C@H](C(=O)N(C)C)C1. The van der Waals surface area contributed by atoms with Gasteiger partial charge >= 0.3 is 18.4 Å². The number of carbonyl (C=O) groups excluding carboxylic acids is 1. The third-order valence-electron chi connectivity index (χ3n) is 11.2. The van der Waals surface area contributed by atoms with Gasteiger partial charge in [-0.3, -0.25) is 9.69 Å². The van der Waals surface area contributed by atoms with Crippen molar-refractivity contribution in [3.63, 3.8) is 0 Å². The van der Waals surface area contributed by atoms with Gasteiger partial charge in [-0.1, -0.05) is 6.07 Å². The molecule has 4 atom stereocenters. The lowest BCUT2D eigenvalue weighted by atomic mass is 9.88. The maximum Gasteiger partial charge on any atom is 0.419 e. The number of rotatable bonds is 8. The number of hydrogen-bond acceptors (Lipinski definition) is 9. The lowest BCUT2D eigenvalue weighted by molar-refractivity contribution is -0.141. The Hall–Kier alpha value is -4.50. The molecule has 2 aliphatic heterocycles. The Morgan fingerprint density at radius 2 is 1.91 bits per heavy atom. The normalized spacial score (nSPS) is 23.1. The summed E-state index contributed by atoms with van der Waals surface area (Å²) in [5.74, 6) is -1.83. The van der Waals surface area contributed by atoms with E-state index in [1.54, 1.807) is 32.0 Å². The van der Waals surface area contributed by atoms with Gasteiger partial charge in [0, 0.05) is 61.9 Å². The molecule has 1 saturated carbocycles. The molecule has 7 rings (SSSR count). The van der Waals surface area contributed by atoms with Gasteiger partial charge in [0.15, 0.2) is 0 Å². The smallest absolute Gasteiger partial charge is 0.419 e. The molecule has 294 valence electrons. The number of alkyl halides is 7. The lowest BCUT2D eigenvalue weighted by Gasteiger charge is -2.33. The van der Waals surface area contributed by atoms with E-state index in [1.807, 2.05) is 4.90 Å². The Kier molecular flexibility index (Phi) is 9.80. The zero-order valence-electron chi connectivity index (χ0n) is 30.0. The van der Waals surface area contributed by atoms with Crippen molar-refractivity contribution in [3.8, 4) is 23.2 Å². The van der Waals surface area contributed by atoms with E-state index in [-0.39, 0.29) is 54.0 Å². The summed E-state index contributed by atoms with van der Waals surface area (Å²) in [7, 11) is 3.20. The van der Waals surface area contributed by atoms with Crippen molar-refractivity contribution < 1.29 is 44.7 Å². The van der Waals surface area contributed by atoms with Crippen molar-refractivity contribution in [2.45, 2.75) is 75.6 Å². The van der Waals surface area contributed by atoms with Gasteiger partial charge in [0.1, 0.15) is 35.5 Å². The number of nitrogens with zero attached hydrogens (tertiary/aromatic N) is 6. The number of thiophene rings is 1. The number of hydrogen-bond donors (Lipinski definition) is 1. The predicted octanol–water partition coefficient (Wildman–Crippen LogP) is 8.18. The van der Waals surface area contributed by atoms with Crippen LogP contribution < -0.4 is 15.4 Å². The van der Waals surface area contributed by atoms with E-state index >= 15 is 30.7 Å². The molecule has 9 nitrogen and oxygen atoms in total. The molecule has 2 aromatic carbocycles. The molecule has 4 aromatic rings. The first-order valence-electron chi connectivity index (χ1n) is 17.8. The second-order valence-electron chi connectivity index (χ2n) is 14.7. The molecule has 1 aliphatic carbocycles. The fraction of sp³-hybridized carbons (Fsp3) is 0.514. The summed E-state index contributed by atoms with van der Waals surface area (Å²) in [6.45, 7) is 2.34. The first-order chi connectivity index (χ1) is 25.9. The molecule has 4 heterocycles. The molecule has 18 heteroatoms. The summed E-state index contributed by atoms with van der Waals surface area (Å²) in [6, 6.07) is 2.72. The molecule has 1 amide bonds. The Morgan fingerprint density at radius 1 is 1.16 bits per heavy atom. The van der Waals surface area contributed by atoms with Gasteiger partial charge < -0.3 is 20.3 Å². The molecule has 0 spiro atoms. The number of nitrogens with two attached hydrogens (primary N) is 1. The van der Waals surface area contributed by atoms with Crippen LogP contribution in [0.1, 0.15) is 62.1 Å². The van der Waals surface area contributed by atoms with E-state index in [0.717, 1.165) is 18.6 Å². The molecule has 2 N–H and O–H groups in total. The van der Waals surface area contributed by atoms with Crippen LogP contribution in [0.5, 0.6) is 6.01 Å². The largest absolute Gasteiger partial charge is 0.461 e. The van der Waals surface area contributed by atoms with E-state index in [2.05, 4.69) is 9.97 Å². The van der Waals surface area contributed by atoms with Crippen LogP contribution in [0.3, 0.4) is 0 Å². The summed E-state index contributed by atoms with van der Waals surface area (Å²) in [6.07, 6.45) is -9.55. The fourth-order valence-electron chi connectivity index (χ4n) is 8.86. The zero-order valence-corrected chi connectivity index (χ0v) is 30.9. The number of ether oxygens (including phenoxy) is 1. The molecule has 0 unspecified atom stereocenters. The molecule has 55 heavy (non-hydrogen) atoms. The highest BCUT2D eigenvalue weighted by atomic mass is 32.1. The highest BCUT2D eigenvalue weighted by Crippen LogP contribution is 2.53.